The van der Waals surface area contributed by atoms with Crippen LogP contribution in [0.5, 0.6) is 5.75 Å². The van der Waals surface area contributed by atoms with Gasteiger partial charge in [0.15, 0.2) is 0 Å². The molecule has 1 aliphatic carbocycles. The summed E-state index contributed by atoms with van der Waals surface area (Å²) in [5.74, 6) is 2.12. The molecule has 128 valence electrons. The summed E-state index contributed by atoms with van der Waals surface area (Å²) >= 11 is 0. The van der Waals surface area contributed by atoms with E-state index in [4.69, 9.17) is 4.74 Å². The van der Waals surface area contributed by atoms with E-state index in [2.05, 4.69) is 16.0 Å². The van der Waals surface area contributed by atoms with Crippen molar-refractivity contribution in [1.29, 1.82) is 0 Å². The molecule has 1 aliphatic rings. The van der Waals surface area contributed by atoms with Gasteiger partial charge in [0.25, 0.3) is 0 Å². The number of para-hydroxylation sites is 3. The van der Waals surface area contributed by atoms with E-state index in [9.17, 15) is 4.79 Å². The maximum atomic E-state index is 12.8. The van der Waals surface area contributed by atoms with Crippen molar-refractivity contribution in [2.24, 2.45) is 5.92 Å². The van der Waals surface area contributed by atoms with Gasteiger partial charge in [0.1, 0.15) is 11.6 Å². The first-order valence-electron chi connectivity index (χ1n) is 8.49. The summed E-state index contributed by atoms with van der Waals surface area (Å²) in [6, 6.07) is 15.8. The molecule has 0 unspecified atom stereocenters. The van der Waals surface area contributed by atoms with Crippen molar-refractivity contribution in [2.75, 3.05) is 14.2 Å². The number of aromatic amines is 1. The van der Waals surface area contributed by atoms with E-state index < -0.39 is 0 Å². The van der Waals surface area contributed by atoms with Crippen molar-refractivity contribution >= 4 is 16.9 Å². The Morgan fingerprint density at radius 1 is 1.24 bits per heavy atom. The minimum Gasteiger partial charge on any atom is -0.496 e. The van der Waals surface area contributed by atoms with E-state index in [1.807, 2.05) is 49.5 Å². The molecule has 2 aromatic carbocycles. The summed E-state index contributed by atoms with van der Waals surface area (Å²) in [5, 5.41) is 0. The van der Waals surface area contributed by atoms with Crippen molar-refractivity contribution in [3.05, 3.63) is 59.9 Å². The molecule has 5 nitrogen and oxygen atoms in total. The van der Waals surface area contributed by atoms with E-state index in [0.29, 0.717) is 6.54 Å². The number of carbonyl (C=O) groups excluding carboxylic acids is 1. The molecular formula is C20H21N3O2. The number of nitrogens with one attached hydrogen (secondary N) is 1. The van der Waals surface area contributed by atoms with Gasteiger partial charge in [-0.1, -0.05) is 30.3 Å². The maximum Gasteiger partial charge on any atom is 0.226 e. The minimum atomic E-state index is 0.0330. The fourth-order valence-corrected chi connectivity index (χ4v) is 3.45. The van der Waals surface area contributed by atoms with Gasteiger partial charge >= 0.3 is 0 Å². The lowest BCUT2D eigenvalue weighted by Gasteiger charge is -2.16. The Kier molecular flexibility index (Phi) is 3.92. The molecule has 0 spiro atoms. The van der Waals surface area contributed by atoms with Crippen LogP contribution in [-0.2, 0) is 11.3 Å². The van der Waals surface area contributed by atoms with E-state index in [1.165, 1.54) is 0 Å². The van der Waals surface area contributed by atoms with Crippen LogP contribution >= 0.6 is 0 Å². The Labute approximate surface area is 146 Å². The number of imidazole rings is 1. The third-order valence-electron chi connectivity index (χ3n) is 4.85. The first-order valence-corrected chi connectivity index (χ1v) is 8.49. The zero-order valence-electron chi connectivity index (χ0n) is 14.4. The number of carbonyl (C=O) groups is 1. The van der Waals surface area contributed by atoms with Crippen LogP contribution in [0.25, 0.3) is 11.0 Å². The number of benzene rings is 2. The number of H-pyrrole nitrogens is 1. The molecule has 1 saturated carbocycles. The average molecular weight is 335 g/mol. The number of hydrogen-bond acceptors (Lipinski definition) is 3. The van der Waals surface area contributed by atoms with E-state index in [1.54, 1.807) is 12.0 Å². The van der Waals surface area contributed by atoms with Gasteiger partial charge in [-0.25, -0.2) is 4.98 Å². The minimum absolute atomic E-state index is 0.0330. The van der Waals surface area contributed by atoms with Crippen LogP contribution in [0.2, 0.25) is 0 Å². The number of amides is 1. The summed E-state index contributed by atoms with van der Waals surface area (Å²) in [4.78, 5) is 22.3. The van der Waals surface area contributed by atoms with Gasteiger partial charge in [0.2, 0.25) is 5.91 Å². The lowest BCUT2D eigenvalue weighted by molar-refractivity contribution is -0.132. The Morgan fingerprint density at radius 3 is 2.80 bits per heavy atom. The van der Waals surface area contributed by atoms with E-state index in [-0.39, 0.29) is 17.7 Å². The molecule has 5 heteroatoms. The van der Waals surface area contributed by atoms with Crippen LogP contribution in [0.4, 0.5) is 0 Å². The van der Waals surface area contributed by atoms with Gasteiger partial charge in [-0.2, -0.15) is 0 Å². The van der Waals surface area contributed by atoms with Crippen molar-refractivity contribution in [3.63, 3.8) is 0 Å². The van der Waals surface area contributed by atoms with Crippen molar-refractivity contribution in [1.82, 2.24) is 14.9 Å². The van der Waals surface area contributed by atoms with Crippen LogP contribution in [0.1, 0.15) is 23.7 Å². The predicted octanol–water partition coefficient (Wildman–Crippen LogP) is 3.33. The molecule has 4 rings (SSSR count). The zero-order chi connectivity index (χ0) is 17.4. The average Bonchev–Trinajstić information content (AvgIpc) is 3.33. The third-order valence-corrected chi connectivity index (χ3v) is 4.85. The predicted molar refractivity (Wildman–Crippen MR) is 96.4 cm³/mol. The van der Waals surface area contributed by atoms with E-state index in [0.717, 1.165) is 34.6 Å². The summed E-state index contributed by atoms with van der Waals surface area (Å²) in [5.41, 5.74) is 3.05. The molecule has 0 aliphatic heterocycles. The topological polar surface area (TPSA) is 58.2 Å². The number of aromatic nitrogens is 2. The SMILES string of the molecule is COc1ccccc1[C@H]1C[C@H]1C(=O)N(C)Cc1nc2ccccc2[nH]1. The quantitative estimate of drug-likeness (QED) is 0.778. The van der Waals surface area contributed by atoms with Crippen molar-refractivity contribution < 1.29 is 9.53 Å². The second kappa shape index (κ2) is 6.24. The molecule has 1 fully saturated rings. The highest BCUT2D eigenvalue weighted by Crippen LogP contribution is 2.51. The smallest absolute Gasteiger partial charge is 0.226 e. The second-order valence-electron chi connectivity index (χ2n) is 6.59. The Hall–Kier alpha value is -2.82. The third kappa shape index (κ3) is 2.97. The maximum absolute atomic E-state index is 12.8. The fourth-order valence-electron chi connectivity index (χ4n) is 3.45. The molecule has 3 aromatic rings. The van der Waals surface area contributed by atoms with Crippen LogP contribution in [0.15, 0.2) is 48.5 Å². The van der Waals surface area contributed by atoms with Crippen LogP contribution in [0, 0.1) is 5.92 Å². The second-order valence-corrected chi connectivity index (χ2v) is 6.59. The Balaban J connectivity index is 1.44. The highest BCUT2D eigenvalue weighted by atomic mass is 16.5. The Bertz CT molecular complexity index is 885. The zero-order valence-corrected chi connectivity index (χ0v) is 14.4. The number of nitrogens with zero attached hydrogens (tertiary/aromatic N) is 2. The molecule has 0 saturated heterocycles. The van der Waals surface area contributed by atoms with E-state index >= 15 is 0 Å². The number of methoxy groups -OCH3 is 1. The Morgan fingerprint density at radius 2 is 2.00 bits per heavy atom. The molecule has 1 aromatic heterocycles. The van der Waals surface area contributed by atoms with Gasteiger partial charge in [-0.15, -0.1) is 0 Å². The number of rotatable bonds is 5. The molecule has 1 amide bonds. The largest absolute Gasteiger partial charge is 0.496 e. The summed E-state index contributed by atoms with van der Waals surface area (Å²) in [6.45, 7) is 0.489. The molecule has 1 heterocycles. The van der Waals surface area contributed by atoms with Gasteiger partial charge < -0.3 is 14.6 Å². The van der Waals surface area contributed by atoms with Crippen molar-refractivity contribution in [2.45, 2.75) is 18.9 Å². The number of hydrogen-bond donors (Lipinski definition) is 1. The summed E-state index contributed by atoms with van der Waals surface area (Å²) < 4.78 is 5.42. The lowest BCUT2D eigenvalue weighted by Crippen LogP contribution is -2.28. The highest BCUT2D eigenvalue weighted by Gasteiger charge is 2.46. The molecule has 2 atom stereocenters. The first kappa shape index (κ1) is 15.7. The van der Waals surface area contributed by atoms with Gasteiger partial charge in [-0.05, 0) is 36.1 Å². The van der Waals surface area contributed by atoms with Gasteiger partial charge in [0.05, 0.1) is 24.7 Å². The van der Waals surface area contributed by atoms with Gasteiger partial charge in [-0.3, -0.25) is 4.79 Å². The van der Waals surface area contributed by atoms with Gasteiger partial charge in [0, 0.05) is 13.0 Å². The molecule has 0 radical (unpaired) electrons. The normalized spacial score (nSPS) is 19.0. The molecule has 25 heavy (non-hydrogen) atoms. The van der Waals surface area contributed by atoms with Crippen LogP contribution in [-0.4, -0.2) is 34.9 Å². The summed E-state index contributed by atoms with van der Waals surface area (Å²) in [6.07, 6.45) is 0.879. The highest BCUT2D eigenvalue weighted by molar-refractivity contribution is 5.83. The molecular weight excluding hydrogens is 314 g/mol. The lowest BCUT2D eigenvalue weighted by atomic mass is 10.1. The molecule has 0 bridgehead atoms. The van der Waals surface area contributed by atoms with Crippen molar-refractivity contribution in [3.8, 4) is 5.75 Å². The monoisotopic (exact) mass is 335 g/mol. The number of fused-ring (bicyclic) bond motifs is 1. The number of ether oxygens (including phenoxy) is 1. The van der Waals surface area contributed by atoms with Crippen LogP contribution in [0.3, 0.4) is 0 Å². The standard InChI is InChI=1S/C20H21N3O2/c1-23(12-19-21-16-8-4-5-9-17(16)22-19)20(24)15-11-14(15)13-7-3-6-10-18(13)25-2/h3-10,14-15H,11-12H2,1-2H3,(H,21,22)/t14-,15-/m1/s1. The fraction of sp³-hybridized carbons (Fsp3) is 0.300. The van der Waals surface area contributed by atoms with Crippen LogP contribution < -0.4 is 4.74 Å². The first-order chi connectivity index (χ1) is 12.2. The molecule has 1 N–H and O–H groups in total. The summed E-state index contributed by atoms with van der Waals surface area (Å²) in [7, 11) is 3.51.